The zero-order chi connectivity index (χ0) is 14.7. The maximum absolute atomic E-state index is 12.7. The van der Waals surface area contributed by atoms with E-state index in [1.54, 1.807) is 11.3 Å². The Morgan fingerprint density at radius 3 is 2.65 bits per heavy atom. The minimum absolute atomic E-state index is 0.0697. The summed E-state index contributed by atoms with van der Waals surface area (Å²) >= 11 is 5.18. The Bertz CT molecular complexity index is 593. The molecule has 0 unspecified atom stereocenters. The number of rotatable bonds is 4. The number of carbonyl (C=O) groups is 1. The number of carbonyl (C=O) groups excluding carboxylic acids is 1. The van der Waals surface area contributed by atoms with Gasteiger partial charge in [-0.25, -0.2) is 0 Å². The first-order valence-electron chi connectivity index (χ1n) is 6.58. The molecule has 20 heavy (non-hydrogen) atoms. The Hall–Kier alpha value is -1.13. The summed E-state index contributed by atoms with van der Waals surface area (Å²) < 4.78 is 0.860. The lowest BCUT2D eigenvalue weighted by Crippen LogP contribution is -2.36. The van der Waals surface area contributed by atoms with Crippen molar-refractivity contribution in [2.24, 2.45) is 0 Å². The van der Waals surface area contributed by atoms with Crippen molar-refractivity contribution in [3.8, 4) is 0 Å². The Labute approximate surface area is 132 Å². The third kappa shape index (κ3) is 3.49. The van der Waals surface area contributed by atoms with Crippen LogP contribution in [0.15, 0.2) is 40.2 Å². The van der Waals surface area contributed by atoms with Crippen LogP contribution in [0.5, 0.6) is 0 Å². The van der Waals surface area contributed by atoms with Crippen LogP contribution in [-0.2, 0) is 6.54 Å². The molecule has 0 aliphatic carbocycles. The molecule has 0 saturated carbocycles. The van der Waals surface area contributed by atoms with Gasteiger partial charge in [0.1, 0.15) is 0 Å². The summed E-state index contributed by atoms with van der Waals surface area (Å²) in [6.07, 6.45) is 0. The van der Waals surface area contributed by atoms with Crippen molar-refractivity contribution in [3.63, 3.8) is 0 Å². The molecule has 0 aliphatic rings. The zero-order valence-electron chi connectivity index (χ0n) is 11.9. The molecule has 0 bridgehead atoms. The highest BCUT2D eigenvalue weighted by Gasteiger charge is 2.21. The molecule has 0 saturated heterocycles. The summed E-state index contributed by atoms with van der Waals surface area (Å²) in [6, 6.07) is 10.1. The molecule has 0 atom stereocenters. The van der Waals surface area contributed by atoms with Crippen LogP contribution in [0.25, 0.3) is 0 Å². The van der Waals surface area contributed by atoms with Gasteiger partial charge in [-0.05, 0) is 65.8 Å². The molecule has 0 spiro atoms. The van der Waals surface area contributed by atoms with Crippen molar-refractivity contribution >= 4 is 33.2 Å². The quantitative estimate of drug-likeness (QED) is 0.769. The lowest BCUT2D eigenvalue weighted by molar-refractivity contribution is 0.0691. The molecule has 0 radical (unpaired) electrons. The zero-order valence-corrected chi connectivity index (χ0v) is 14.3. The topological polar surface area (TPSA) is 20.3 Å². The lowest BCUT2D eigenvalue weighted by atomic mass is 10.1. The molecule has 0 fully saturated rings. The van der Waals surface area contributed by atoms with E-state index in [1.807, 2.05) is 55.3 Å². The Kier molecular flexibility index (Phi) is 5.00. The molecule has 106 valence electrons. The van der Waals surface area contributed by atoms with Crippen molar-refractivity contribution in [3.05, 3.63) is 56.2 Å². The summed E-state index contributed by atoms with van der Waals surface area (Å²) in [4.78, 5) is 15.9. The van der Waals surface area contributed by atoms with Crippen LogP contribution >= 0.6 is 27.3 Å². The first-order valence-corrected chi connectivity index (χ1v) is 8.26. The maximum atomic E-state index is 12.7. The van der Waals surface area contributed by atoms with E-state index in [0.29, 0.717) is 6.54 Å². The van der Waals surface area contributed by atoms with Crippen LogP contribution in [0.2, 0.25) is 0 Å². The number of halogens is 1. The molecule has 1 amide bonds. The fraction of sp³-hybridized carbons (Fsp3) is 0.312. The minimum atomic E-state index is 0.0697. The van der Waals surface area contributed by atoms with Crippen LogP contribution in [0.4, 0.5) is 0 Å². The first kappa shape index (κ1) is 15.3. The molecule has 1 heterocycles. The van der Waals surface area contributed by atoms with Gasteiger partial charge >= 0.3 is 0 Å². The predicted octanol–water partition coefficient (Wildman–Crippen LogP) is 4.87. The largest absolute Gasteiger partial charge is 0.331 e. The van der Waals surface area contributed by atoms with Crippen LogP contribution in [0.1, 0.15) is 34.6 Å². The SMILES string of the molecule is Cc1ccc(C(=O)N(Cc2cccs2)C(C)C)c(Br)c1. The summed E-state index contributed by atoms with van der Waals surface area (Å²) in [5.41, 5.74) is 1.86. The van der Waals surface area contributed by atoms with E-state index in [1.165, 1.54) is 4.88 Å². The highest BCUT2D eigenvalue weighted by molar-refractivity contribution is 9.10. The average molecular weight is 352 g/mol. The number of amides is 1. The third-order valence-corrected chi connectivity index (χ3v) is 4.66. The standard InChI is InChI=1S/C16H18BrNOS/c1-11(2)18(10-13-5-4-8-20-13)16(19)14-7-6-12(3)9-15(14)17/h4-9,11H,10H2,1-3H3. The molecule has 0 aliphatic heterocycles. The Balaban J connectivity index is 2.27. The third-order valence-electron chi connectivity index (χ3n) is 3.15. The van der Waals surface area contributed by atoms with E-state index in [2.05, 4.69) is 22.0 Å². The number of thiophene rings is 1. The predicted molar refractivity (Wildman–Crippen MR) is 88.2 cm³/mol. The molecule has 1 aromatic carbocycles. The van der Waals surface area contributed by atoms with Gasteiger partial charge in [-0.15, -0.1) is 11.3 Å². The minimum Gasteiger partial charge on any atom is -0.331 e. The fourth-order valence-corrected chi connectivity index (χ4v) is 3.37. The van der Waals surface area contributed by atoms with Gasteiger partial charge in [0, 0.05) is 15.4 Å². The van der Waals surface area contributed by atoms with E-state index in [4.69, 9.17) is 0 Å². The van der Waals surface area contributed by atoms with Gasteiger partial charge < -0.3 is 4.90 Å². The van der Waals surface area contributed by atoms with E-state index < -0.39 is 0 Å². The van der Waals surface area contributed by atoms with E-state index in [0.717, 1.165) is 15.6 Å². The van der Waals surface area contributed by atoms with Gasteiger partial charge in [0.05, 0.1) is 12.1 Å². The van der Waals surface area contributed by atoms with Gasteiger partial charge in [0.2, 0.25) is 0 Å². The lowest BCUT2D eigenvalue weighted by Gasteiger charge is -2.27. The second-order valence-electron chi connectivity index (χ2n) is 5.09. The number of nitrogens with zero attached hydrogens (tertiary/aromatic N) is 1. The molecule has 2 rings (SSSR count). The summed E-state index contributed by atoms with van der Waals surface area (Å²) in [6.45, 7) is 6.78. The summed E-state index contributed by atoms with van der Waals surface area (Å²) in [7, 11) is 0. The van der Waals surface area contributed by atoms with Gasteiger partial charge in [0.15, 0.2) is 0 Å². The maximum Gasteiger partial charge on any atom is 0.255 e. The van der Waals surface area contributed by atoms with Crippen molar-refractivity contribution in [2.45, 2.75) is 33.4 Å². The van der Waals surface area contributed by atoms with Crippen LogP contribution in [-0.4, -0.2) is 16.8 Å². The van der Waals surface area contributed by atoms with Crippen LogP contribution in [0.3, 0.4) is 0 Å². The van der Waals surface area contributed by atoms with Gasteiger partial charge in [-0.2, -0.15) is 0 Å². The van der Waals surface area contributed by atoms with Gasteiger partial charge in [0.25, 0.3) is 5.91 Å². The Morgan fingerprint density at radius 1 is 1.35 bits per heavy atom. The number of hydrogen-bond donors (Lipinski definition) is 0. The normalized spacial score (nSPS) is 10.8. The molecular formula is C16H18BrNOS. The number of aryl methyl sites for hydroxylation is 1. The summed E-state index contributed by atoms with van der Waals surface area (Å²) in [5.74, 6) is 0.0697. The van der Waals surface area contributed by atoms with Crippen LogP contribution in [0, 0.1) is 6.92 Å². The van der Waals surface area contributed by atoms with Crippen molar-refractivity contribution < 1.29 is 4.79 Å². The van der Waals surface area contributed by atoms with Crippen molar-refractivity contribution in [1.82, 2.24) is 4.90 Å². The number of benzene rings is 1. The monoisotopic (exact) mass is 351 g/mol. The van der Waals surface area contributed by atoms with Gasteiger partial charge in [-0.3, -0.25) is 4.79 Å². The fourth-order valence-electron chi connectivity index (χ4n) is 2.01. The molecule has 2 aromatic rings. The highest BCUT2D eigenvalue weighted by atomic mass is 79.9. The Morgan fingerprint density at radius 2 is 2.10 bits per heavy atom. The second kappa shape index (κ2) is 6.55. The second-order valence-corrected chi connectivity index (χ2v) is 6.98. The first-order chi connectivity index (χ1) is 9.49. The average Bonchev–Trinajstić information content (AvgIpc) is 2.87. The van der Waals surface area contributed by atoms with Gasteiger partial charge in [-0.1, -0.05) is 12.1 Å². The van der Waals surface area contributed by atoms with E-state index >= 15 is 0 Å². The molecule has 0 N–H and O–H groups in total. The highest BCUT2D eigenvalue weighted by Crippen LogP contribution is 2.23. The molecule has 2 nitrogen and oxygen atoms in total. The number of hydrogen-bond acceptors (Lipinski definition) is 2. The van der Waals surface area contributed by atoms with E-state index in [9.17, 15) is 4.79 Å². The van der Waals surface area contributed by atoms with Crippen molar-refractivity contribution in [2.75, 3.05) is 0 Å². The van der Waals surface area contributed by atoms with Crippen LogP contribution < -0.4 is 0 Å². The smallest absolute Gasteiger partial charge is 0.255 e. The summed E-state index contributed by atoms with van der Waals surface area (Å²) in [5, 5.41) is 2.04. The van der Waals surface area contributed by atoms with E-state index in [-0.39, 0.29) is 11.9 Å². The molecule has 4 heteroatoms. The molecular weight excluding hydrogens is 334 g/mol. The molecule has 1 aromatic heterocycles. The van der Waals surface area contributed by atoms with Crippen molar-refractivity contribution in [1.29, 1.82) is 0 Å².